The SMILES string of the molecule is CCCC1C(CC)C1c1ccc(Sc2ccc(C(=O)/C(CC)=N/OC(C)=O)cc2)cc1. The van der Waals surface area contributed by atoms with Gasteiger partial charge in [-0.25, -0.2) is 4.79 Å². The lowest BCUT2D eigenvalue weighted by Gasteiger charge is -2.06. The van der Waals surface area contributed by atoms with Crippen LogP contribution in [0, 0.1) is 11.8 Å². The van der Waals surface area contributed by atoms with Gasteiger partial charge >= 0.3 is 5.97 Å². The number of benzene rings is 2. The van der Waals surface area contributed by atoms with Crippen LogP contribution < -0.4 is 0 Å². The van der Waals surface area contributed by atoms with E-state index in [1.54, 1.807) is 23.9 Å². The highest BCUT2D eigenvalue weighted by Crippen LogP contribution is 2.58. The molecule has 31 heavy (non-hydrogen) atoms. The minimum atomic E-state index is -0.538. The van der Waals surface area contributed by atoms with Crippen molar-refractivity contribution in [3.63, 3.8) is 0 Å². The summed E-state index contributed by atoms with van der Waals surface area (Å²) in [5, 5.41) is 3.68. The van der Waals surface area contributed by atoms with Gasteiger partial charge in [-0.15, -0.1) is 0 Å². The monoisotopic (exact) mass is 437 g/mol. The average molecular weight is 438 g/mol. The van der Waals surface area contributed by atoms with E-state index in [1.165, 1.54) is 36.6 Å². The van der Waals surface area contributed by atoms with Crippen LogP contribution in [-0.2, 0) is 9.63 Å². The predicted molar refractivity (Wildman–Crippen MR) is 126 cm³/mol. The molecule has 1 aliphatic carbocycles. The standard InChI is InChI=1S/C26H31NO3S/c1-5-8-23-22(6-2)25(23)18-9-13-20(14-10-18)31-21-15-11-19(12-16-21)26(29)24(7-3)27-30-17(4)28/h9-16,22-23,25H,5-8H2,1-4H3/b27-24+. The molecule has 3 rings (SSSR count). The van der Waals surface area contributed by atoms with Crippen LogP contribution in [-0.4, -0.2) is 17.5 Å². The highest BCUT2D eigenvalue weighted by molar-refractivity contribution is 7.99. The summed E-state index contributed by atoms with van der Waals surface area (Å²) in [4.78, 5) is 30.4. The average Bonchev–Trinajstić information content (AvgIpc) is 3.47. The number of hydrogen-bond donors (Lipinski definition) is 0. The molecule has 1 fully saturated rings. The second-order valence-electron chi connectivity index (χ2n) is 8.05. The van der Waals surface area contributed by atoms with Gasteiger partial charge in [-0.1, -0.05) is 62.7 Å². The van der Waals surface area contributed by atoms with Gasteiger partial charge in [0.1, 0.15) is 5.71 Å². The summed E-state index contributed by atoms with van der Waals surface area (Å²) in [5.74, 6) is 1.68. The molecule has 3 unspecified atom stereocenters. The van der Waals surface area contributed by atoms with Crippen molar-refractivity contribution < 1.29 is 14.4 Å². The van der Waals surface area contributed by atoms with Gasteiger partial charge in [-0.3, -0.25) is 4.79 Å². The second kappa shape index (κ2) is 10.8. The number of oxime groups is 1. The summed E-state index contributed by atoms with van der Waals surface area (Å²) in [5.41, 5.74) is 2.24. The van der Waals surface area contributed by atoms with Crippen LogP contribution in [0.15, 0.2) is 63.5 Å². The molecule has 3 atom stereocenters. The molecule has 0 aromatic heterocycles. The van der Waals surface area contributed by atoms with Crippen molar-refractivity contribution in [3.05, 3.63) is 59.7 Å². The summed E-state index contributed by atoms with van der Waals surface area (Å²) >= 11 is 1.68. The van der Waals surface area contributed by atoms with Crippen molar-refractivity contribution in [2.45, 2.75) is 69.1 Å². The first kappa shape index (κ1) is 23.3. The third kappa shape index (κ3) is 5.85. The molecule has 0 spiro atoms. The lowest BCUT2D eigenvalue weighted by Crippen LogP contribution is -2.14. The zero-order chi connectivity index (χ0) is 22.4. The van der Waals surface area contributed by atoms with Crippen LogP contribution in [0.5, 0.6) is 0 Å². The Bertz CT molecular complexity index is 934. The smallest absolute Gasteiger partial charge is 0.318 e. The third-order valence-electron chi connectivity index (χ3n) is 5.92. The van der Waals surface area contributed by atoms with E-state index < -0.39 is 5.97 Å². The van der Waals surface area contributed by atoms with E-state index in [0.29, 0.717) is 12.0 Å². The van der Waals surface area contributed by atoms with Crippen LogP contribution >= 0.6 is 11.8 Å². The number of carbonyl (C=O) groups is 2. The largest absolute Gasteiger partial charge is 0.331 e. The van der Waals surface area contributed by atoms with Crippen LogP contribution in [0.4, 0.5) is 0 Å². The Morgan fingerprint density at radius 1 is 0.935 bits per heavy atom. The molecule has 0 bridgehead atoms. The molecule has 1 aliphatic rings. The molecule has 0 N–H and O–H groups in total. The van der Waals surface area contributed by atoms with Crippen LogP contribution in [0.2, 0.25) is 0 Å². The van der Waals surface area contributed by atoms with Crippen molar-refractivity contribution >= 4 is 29.2 Å². The fraction of sp³-hybridized carbons (Fsp3) is 0.423. The maximum Gasteiger partial charge on any atom is 0.331 e. The Balaban J connectivity index is 1.63. The van der Waals surface area contributed by atoms with Crippen molar-refractivity contribution in [2.24, 2.45) is 17.0 Å². The van der Waals surface area contributed by atoms with E-state index in [9.17, 15) is 9.59 Å². The summed E-state index contributed by atoms with van der Waals surface area (Å²) < 4.78 is 0. The Kier molecular flexibility index (Phi) is 8.08. The quantitative estimate of drug-likeness (QED) is 0.176. The highest BCUT2D eigenvalue weighted by atomic mass is 32.2. The van der Waals surface area contributed by atoms with Crippen LogP contribution in [0.3, 0.4) is 0 Å². The van der Waals surface area contributed by atoms with Gasteiger partial charge in [-0.2, -0.15) is 0 Å². The van der Waals surface area contributed by atoms with Crippen LogP contribution in [0.1, 0.15) is 75.2 Å². The van der Waals surface area contributed by atoms with Crippen molar-refractivity contribution in [3.8, 4) is 0 Å². The highest BCUT2D eigenvalue weighted by Gasteiger charge is 2.48. The first-order valence-electron chi connectivity index (χ1n) is 11.1. The lowest BCUT2D eigenvalue weighted by atomic mass is 10.1. The molecule has 5 heteroatoms. The first-order chi connectivity index (χ1) is 15.0. The minimum Gasteiger partial charge on any atom is -0.318 e. The lowest BCUT2D eigenvalue weighted by molar-refractivity contribution is -0.140. The fourth-order valence-corrected chi connectivity index (χ4v) is 5.16. The van der Waals surface area contributed by atoms with Gasteiger partial charge in [0.05, 0.1) is 0 Å². The molecular formula is C26H31NO3S. The number of rotatable bonds is 10. The summed E-state index contributed by atoms with van der Waals surface area (Å²) in [6.07, 6.45) is 4.26. The van der Waals surface area contributed by atoms with Crippen molar-refractivity contribution in [1.29, 1.82) is 0 Å². The van der Waals surface area contributed by atoms with Gasteiger partial charge in [0.2, 0.25) is 5.78 Å². The van der Waals surface area contributed by atoms with Gasteiger partial charge in [0.25, 0.3) is 0 Å². The van der Waals surface area contributed by atoms with Crippen LogP contribution in [0.25, 0.3) is 0 Å². The predicted octanol–water partition coefficient (Wildman–Crippen LogP) is 6.89. The molecule has 4 nitrogen and oxygen atoms in total. The Morgan fingerprint density at radius 2 is 1.55 bits per heavy atom. The number of nitrogens with zero attached hydrogens (tertiary/aromatic N) is 1. The molecule has 0 saturated heterocycles. The maximum atomic E-state index is 12.6. The molecular weight excluding hydrogens is 406 g/mol. The summed E-state index contributed by atoms with van der Waals surface area (Å²) in [6, 6.07) is 16.4. The Hall–Kier alpha value is -2.40. The molecule has 2 aromatic rings. The van der Waals surface area contributed by atoms with Crippen molar-refractivity contribution in [2.75, 3.05) is 0 Å². The second-order valence-corrected chi connectivity index (χ2v) is 9.20. The minimum absolute atomic E-state index is 0.221. The fourth-order valence-electron chi connectivity index (χ4n) is 4.34. The number of carbonyl (C=O) groups excluding carboxylic acids is 2. The molecule has 0 heterocycles. The molecule has 1 saturated carbocycles. The first-order valence-corrected chi connectivity index (χ1v) is 12.0. The third-order valence-corrected chi connectivity index (χ3v) is 6.94. The summed E-state index contributed by atoms with van der Waals surface area (Å²) in [6.45, 7) is 7.65. The normalized spacial score (nSPS) is 20.4. The van der Waals surface area contributed by atoms with Gasteiger partial charge in [0.15, 0.2) is 0 Å². The van der Waals surface area contributed by atoms with E-state index in [1.807, 2.05) is 19.1 Å². The summed E-state index contributed by atoms with van der Waals surface area (Å²) in [7, 11) is 0. The molecule has 0 aliphatic heterocycles. The molecule has 164 valence electrons. The van der Waals surface area contributed by atoms with Gasteiger partial charge < -0.3 is 4.84 Å². The molecule has 0 amide bonds. The topological polar surface area (TPSA) is 55.7 Å². The van der Waals surface area contributed by atoms with E-state index in [0.717, 1.165) is 22.6 Å². The number of Topliss-reactive ketones (excluding diaryl/α,β-unsaturated/α-hetero) is 1. The Morgan fingerprint density at radius 3 is 2.06 bits per heavy atom. The molecule has 2 aromatic carbocycles. The number of hydrogen-bond acceptors (Lipinski definition) is 5. The van der Waals surface area contributed by atoms with Gasteiger partial charge in [-0.05, 0) is 72.6 Å². The van der Waals surface area contributed by atoms with Crippen molar-refractivity contribution in [1.82, 2.24) is 0 Å². The number of ketones is 1. The van der Waals surface area contributed by atoms with E-state index >= 15 is 0 Å². The zero-order valence-electron chi connectivity index (χ0n) is 18.8. The van der Waals surface area contributed by atoms with E-state index in [-0.39, 0.29) is 11.5 Å². The van der Waals surface area contributed by atoms with Gasteiger partial charge in [0, 0.05) is 22.3 Å². The zero-order valence-corrected chi connectivity index (χ0v) is 19.6. The Labute approximate surface area is 189 Å². The molecule has 0 radical (unpaired) electrons. The van der Waals surface area contributed by atoms with E-state index in [4.69, 9.17) is 0 Å². The van der Waals surface area contributed by atoms with E-state index in [2.05, 4.69) is 48.1 Å². The maximum absolute atomic E-state index is 12.6.